The first-order chi connectivity index (χ1) is 11.4. The maximum absolute atomic E-state index is 12.3. The van der Waals surface area contributed by atoms with Crippen LogP contribution in [0.25, 0.3) is 0 Å². The Balaban J connectivity index is 1.83. The van der Waals surface area contributed by atoms with Crippen LogP contribution in [0.1, 0.15) is 28.0 Å². The highest BCUT2D eigenvalue weighted by Crippen LogP contribution is 2.48. The van der Waals surface area contributed by atoms with Crippen molar-refractivity contribution >= 4 is 11.8 Å². The van der Waals surface area contributed by atoms with Gasteiger partial charge in [0.15, 0.2) is 0 Å². The molecule has 0 aromatic heterocycles. The van der Waals surface area contributed by atoms with Crippen LogP contribution in [0, 0.1) is 0 Å². The van der Waals surface area contributed by atoms with Gasteiger partial charge >= 0.3 is 6.36 Å². The molecule has 0 saturated heterocycles. The minimum absolute atomic E-state index is 0.183. The number of aliphatic hydroxyl groups is 1. The van der Waals surface area contributed by atoms with E-state index in [1.165, 1.54) is 30.0 Å². The Morgan fingerprint density at radius 3 is 2.38 bits per heavy atom. The molecular formula is C17H15F3O3S. The summed E-state index contributed by atoms with van der Waals surface area (Å²) in [6.45, 7) is 0. The van der Waals surface area contributed by atoms with Crippen molar-refractivity contribution in [3.63, 3.8) is 0 Å². The van der Waals surface area contributed by atoms with E-state index in [1.54, 1.807) is 7.11 Å². The first-order valence-corrected chi connectivity index (χ1v) is 8.24. The molecule has 3 rings (SSSR count). The number of methoxy groups -OCH3 is 1. The topological polar surface area (TPSA) is 38.7 Å². The summed E-state index contributed by atoms with van der Waals surface area (Å²) < 4.78 is 46.0. The van der Waals surface area contributed by atoms with E-state index >= 15 is 0 Å². The molecule has 128 valence electrons. The maximum Gasteiger partial charge on any atom is 0.573 e. The summed E-state index contributed by atoms with van der Waals surface area (Å²) in [4.78, 5) is 0. The van der Waals surface area contributed by atoms with Gasteiger partial charge in [0, 0.05) is 5.75 Å². The van der Waals surface area contributed by atoms with E-state index in [2.05, 4.69) is 4.74 Å². The van der Waals surface area contributed by atoms with Crippen LogP contribution in [0.2, 0.25) is 0 Å². The van der Waals surface area contributed by atoms with Crippen molar-refractivity contribution in [3.8, 4) is 11.5 Å². The third-order valence-electron chi connectivity index (χ3n) is 3.82. The molecule has 1 N–H and O–H groups in total. The first-order valence-electron chi connectivity index (χ1n) is 7.19. The molecule has 24 heavy (non-hydrogen) atoms. The minimum Gasteiger partial charge on any atom is -0.497 e. The summed E-state index contributed by atoms with van der Waals surface area (Å²) in [7, 11) is 1.58. The zero-order valence-corrected chi connectivity index (χ0v) is 13.5. The molecule has 0 spiro atoms. The second-order valence-electron chi connectivity index (χ2n) is 5.36. The monoisotopic (exact) mass is 356 g/mol. The number of hydrogen-bond donors (Lipinski definition) is 1. The zero-order chi connectivity index (χ0) is 17.3. The Morgan fingerprint density at radius 1 is 1.08 bits per heavy atom. The van der Waals surface area contributed by atoms with Gasteiger partial charge in [0.1, 0.15) is 11.5 Å². The van der Waals surface area contributed by atoms with Gasteiger partial charge in [-0.3, -0.25) is 0 Å². The smallest absolute Gasteiger partial charge is 0.497 e. The van der Waals surface area contributed by atoms with Crippen molar-refractivity contribution < 1.29 is 27.8 Å². The number of thioether (sulfide) groups is 1. The van der Waals surface area contributed by atoms with Crippen molar-refractivity contribution in [2.24, 2.45) is 0 Å². The quantitative estimate of drug-likeness (QED) is 0.871. The fraction of sp³-hybridized carbons (Fsp3) is 0.294. The lowest BCUT2D eigenvalue weighted by Gasteiger charge is -2.30. The molecule has 0 saturated carbocycles. The molecule has 0 radical (unpaired) electrons. The number of aliphatic hydroxyl groups excluding tert-OH is 1. The molecule has 2 atom stereocenters. The summed E-state index contributed by atoms with van der Waals surface area (Å²) in [5.41, 5.74) is 2.22. The van der Waals surface area contributed by atoms with Crippen LogP contribution in [-0.4, -0.2) is 18.6 Å². The molecule has 3 nitrogen and oxygen atoms in total. The Labute approximate surface area is 141 Å². The van der Waals surface area contributed by atoms with Crippen LogP contribution in [0.15, 0.2) is 42.5 Å². The van der Waals surface area contributed by atoms with E-state index in [-0.39, 0.29) is 11.0 Å². The highest BCUT2D eigenvalue weighted by atomic mass is 32.2. The number of ether oxygens (including phenoxy) is 2. The maximum atomic E-state index is 12.3. The summed E-state index contributed by atoms with van der Waals surface area (Å²) in [6.07, 6.45) is -5.52. The summed E-state index contributed by atoms with van der Waals surface area (Å²) in [6, 6.07) is 11.5. The molecule has 0 amide bonds. The predicted octanol–water partition coefficient (Wildman–Crippen LogP) is 4.62. The molecule has 0 bridgehead atoms. The lowest BCUT2D eigenvalue weighted by Crippen LogP contribution is -2.19. The van der Waals surface area contributed by atoms with Crippen molar-refractivity contribution in [3.05, 3.63) is 59.2 Å². The Bertz CT molecular complexity index is 716. The Kier molecular flexibility index (Phi) is 4.64. The van der Waals surface area contributed by atoms with Crippen LogP contribution in [-0.2, 0) is 5.75 Å². The van der Waals surface area contributed by atoms with Crippen LogP contribution >= 0.6 is 11.8 Å². The summed E-state index contributed by atoms with van der Waals surface area (Å²) in [5, 5.41) is 10.4. The third-order valence-corrected chi connectivity index (χ3v) is 5.18. The Morgan fingerprint density at radius 2 is 1.75 bits per heavy atom. The highest BCUT2D eigenvalue weighted by Gasteiger charge is 2.33. The van der Waals surface area contributed by atoms with Crippen molar-refractivity contribution in [1.82, 2.24) is 0 Å². The second kappa shape index (κ2) is 6.57. The molecule has 7 heteroatoms. The largest absolute Gasteiger partial charge is 0.573 e. The molecule has 2 aromatic rings. The van der Waals surface area contributed by atoms with Crippen LogP contribution in [0.3, 0.4) is 0 Å². The van der Waals surface area contributed by atoms with Crippen molar-refractivity contribution in [2.45, 2.75) is 23.5 Å². The number of alkyl halides is 3. The van der Waals surface area contributed by atoms with Gasteiger partial charge in [-0.25, -0.2) is 0 Å². The SMILES string of the molecule is COc1ccc(C2SCc3cc(OC(F)(F)F)ccc3C2O)cc1. The predicted molar refractivity (Wildman–Crippen MR) is 85.1 cm³/mol. The minimum atomic E-state index is -4.72. The molecule has 0 fully saturated rings. The van der Waals surface area contributed by atoms with E-state index in [4.69, 9.17) is 4.74 Å². The van der Waals surface area contributed by atoms with E-state index in [9.17, 15) is 18.3 Å². The van der Waals surface area contributed by atoms with E-state index < -0.39 is 12.5 Å². The van der Waals surface area contributed by atoms with Gasteiger partial charge in [-0.15, -0.1) is 24.9 Å². The average Bonchev–Trinajstić information content (AvgIpc) is 2.54. The van der Waals surface area contributed by atoms with Crippen LogP contribution in [0.4, 0.5) is 13.2 Å². The molecule has 2 aromatic carbocycles. The highest BCUT2D eigenvalue weighted by molar-refractivity contribution is 7.98. The van der Waals surface area contributed by atoms with Gasteiger partial charge < -0.3 is 14.6 Å². The number of halogens is 3. The fourth-order valence-corrected chi connectivity index (χ4v) is 3.99. The Hall–Kier alpha value is -1.86. The van der Waals surface area contributed by atoms with Gasteiger partial charge in [-0.2, -0.15) is 0 Å². The number of fused-ring (bicyclic) bond motifs is 1. The second-order valence-corrected chi connectivity index (χ2v) is 6.49. The molecular weight excluding hydrogens is 341 g/mol. The molecule has 2 unspecified atom stereocenters. The van der Waals surface area contributed by atoms with E-state index in [0.717, 1.165) is 11.3 Å². The van der Waals surface area contributed by atoms with Gasteiger partial charge in [0.2, 0.25) is 0 Å². The van der Waals surface area contributed by atoms with Gasteiger partial charge in [0.05, 0.1) is 18.5 Å². The van der Waals surface area contributed by atoms with Crippen molar-refractivity contribution in [2.75, 3.05) is 7.11 Å². The number of hydrogen-bond acceptors (Lipinski definition) is 4. The average molecular weight is 356 g/mol. The first kappa shape index (κ1) is 17.0. The molecule has 1 aliphatic rings. The lowest BCUT2D eigenvalue weighted by atomic mass is 9.96. The normalized spacial score (nSPS) is 20.4. The standard InChI is InChI=1S/C17H15F3O3S/c1-22-12-4-2-10(3-5-12)16-15(21)14-7-6-13(23-17(18,19)20)8-11(14)9-24-16/h2-8,15-16,21H,9H2,1H3. The number of rotatable bonds is 3. The van der Waals surface area contributed by atoms with E-state index in [1.807, 2.05) is 24.3 Å². The summed E-state index contributed by atoms with van der Waals surface area (Å²) in [5.74, 6) is 0.957. The third kappa shape index (κ3) is 3.62. The van der Waals surface area contributed by atoms with Crippen LogP contribution in [0.5, 0.6) is 11.5 Å². The molecule has 1 aliphatic heterocycles. The molecule has 0 aliphatic carbocycles. The van der Waals surface area contributed by atoms with Crippen molar-refractivity contribution in [1.29, 1.82) is 0 Å². The zero-order valence-electron chi connectivity index (χ0n) is 12.7. The summed E-state index contributed by atoms with van der Waals surface area (Å²) >= 11 is 1.48. The fourth-order valence-electron chi connectivity index (χ4n) is 2.70. The van der Waals surface area contributed by atoms with Gasteiger partial charge in [-0.05, 0) is 41.0 Å². The van der Waals surface area contributed by atoms with Gasteiger partial charge in [0.25, 0.3) is 0 Å². The number of benzene rings is 2. The molecule has 1 heterocycles. The van der Waals surface area contributed by atoms with Crippen LogP contribution < -0.4 is 9.47 Å². The van der Waals surface area contributed by atoms with E-state index in [0.29, 0.717) is 16.9 Å². The lowest BCUT2D eigenvalue weighted by molar-refractivity contribution is -0.274. The van der Waals surface area contributed by atoms with Gasteiger partial charge in [-0.1, -0.05) is 18.2 Å².